The van der Waals surface area contributed by atoms with Crippen molar-refractivity contribution in [2.75, 3.05) is 0 Å². The molecule has 1 aliphatic rings. The molecule has 2 rings (SSSR count). The van der Waals surface area contributed by atoms with Crippen LogP contribution in [0.3, 0.4) is 0 Å². The number of nitrogens with zero attached hydrogens (tertiary/aromatic N) is 1. The summed E-state index contributed by atoms with van der Waals surface area (Å²) in [5.74, 6) is 0.800. The molecule has 0 amide bonds. The topological polar surface area (TPSA) is 12.9 Å². The summed E-state index contributed by atoms with van der Waals surface area (Å²) in [6.07, 6.45) is 2.68. The first-order valence-corrected chi connectivity index (χ1v) is 5.36. The summed E-state index contributed by atoms with van der Waals surface area (Å²) in [7, 11) is 0. The maximum absolute atomic E-state index is 4.32. The van der Waals surface area contributed by atoms with Gasteiger partial charge < -0.3 is 0 Å². The zero-order valence-electron chi connectivity index (χ0n) is 5.92. The molecule has 0 bridgehead atoms. The summed E-state index contributed by atoms with van der Waals surface area (Å²) >= 11 is 5.88. The Morgan fingerprint density at radius 3 is 2.73 bits per heavy atom. The number of hydrogen-bond acceptors (Lipinski definition) is 1. The van der Waals surface area contributed by atoms with Crippen LogP contribution in [0.2, 0.25) is 0 Å². The molecular weight excluding hydrogens is 265 g/mol. The van der Waals surface area contributed by atoms with Crippen LogP contribution in [0, 0.1) is 0 Å². The predicted octanol–water partition coefficient (Wildman–Crippen LogP) is 1.52. The van der Waals surface area contributed by atoms with Gasteiger partial charge >= 0.3 is 83.3 Å². The molecule has 0 aromatic carbocycles. The summed E-state index contributed by atoms with van der Waals surface area (Å²) < 4.78 is 2.05. The van der Waals surface area contributed by atoms with E-state index in [2.05, 4.69) is 43.8 Å². The fraction of sp³-hybridized carbons (Fsp3) is 0.375. The molecule has 1 fully saturated rings. The second-order valence-corrected chi connectivity index (χ2v) is 4.52. The predicted molar refractivity (Wildman–Crippen MR) is 49.3 cm³/mol. The van der Waals surface area contributed by atoms with Crippen molar-refractivity contribution in [1.82, 2.24) is 4.98 Å². The molecule has 0 unspecified atom stereocenters. The Labute approximate surface area is 83.2 Å². The molecule has 2 radical (unpaired) electrons. The Morgan fingerprint density at radius 1 is 1.45 bits per heavy atom. The summed E-state index contributed by atoms with van der Waals surface area (Å²) in [6.45, 7) is 0. The van der Waals surface area contributed by atoms with Crippen LogP contribution in [0.1, 0.15) is 24.3 Å². The van der Waals surface area contributed by atoms with Gasteiger partial charge in [0.25, 0.3) is 0 Å². The van der Waals surface area contributed by atoms with Gasteiger partial charge in [-0.2, -0.15) is 0 Å². The molecule has 0 aliphatic heterocycles. The second-order valence-electron chi connectivity index (χ2n) is 2.82. The minimum atomic E-state index is 0.800. The van der Waals surface area contributed by atoms with Gasteiger partial charge in [0, 0.05) is 0 Å². The third-order valence-electron chi connectivity index (χ3n) is 1.89. The van der Waals surface area contributed by atoms with E-state index in [1.54, 1.807) is 0 Å². The van der Waals surface area contributed by atoms with Gasteiger partial charge in [-0.05, 0) is 0 Å². The van der Waals surface area contributed by atoms with Crippen molar-refractivity contribution < 1.29 is 0 Å². The first-order valence-electron chi connectivity index (χ1n) is 3.63. The van der Waals surface area contributed by atoms with Gasteiger partial charge in [0.15, 0.2) is 0 Å². The fourth-order valence-electron chi connectivity index (χ4n) is 1.15. The van der Waals surface area contributed by atoms with Crippen LogP contribution in [0.25, 0.3) is 0 Å². The molecule has 11 heavy (non-hydrogen) atoms. The molecule has 1 saturated carbocycles. The van der Waals surface area contributed by atoms with Gasteiger partial charge in [-0.25, -0.2) is 0 Å². The normalized spacial score (nSPS) is 16.9. The van der Waals surface area contributed by atoms with Crippen LogP contribution < -0.4 is 4.48 Å². The van der Waals surface area contributed by atoms with Gasteiger partial charge in [0.1, 0.15) is 0 Å². The van der Waals surface area contributed by atoms with Gasteiger partial charge in [-0.3, -0.25) is 0 Å². The molecule has 1 aliphatic carbocycles. The van der Waals surface area contributed by atoms with Crippen molar-refractivity contribution in [3.05, 3.63) is 22.3 Å². The van der Waals surface area contributed by atoms with E-state index in [4.69, 9.17) is 0 Å². The molecule has 1 aromatic heterocycles. The average Bonchev–Trinajstić information content (AvgIpc) is 2.70. The van der Waals surface area contributed by atoms with Crippen molar-refractivity contribution in [3.8, 4) is 0 Å². The molecule has 0 atom stereocenters. The molecule has 0 saturated heterocycles. The minimum absolute atomic E-state index is 0.800. The second kappa shape index (κ2) is 2.91. The maximum atomic E-state index is 4.32. The Kier molecular flexibility index (Phi) is 2.07. The summed E-state index contributed by atoms with van der Waals surface area (Å²) in [4.78, 5) is 4.32. The van der Waals surface area contributed by atoms with Crippen molar-refractivity contribution in [1.29, 1.82) is 0 Å². The van der Waals surface area contributed by atoms with Crippen LogP contribution in [0.15, 0.2) is 16.7 Å². The summed E-state index contributed by atoms with van der Waals surface area (Å²) in [5, 5.41) is 0. The van der Waals surface area contributed by atoms with E-state index in [9.17, 15) is 0 Å². The van der Waals surface area contributed by atoms with Gasteiger partial charge in [-0.1, -0.05) is 0 Å². The van der Waals surface area contributed by atoms with Gasteiger partial charge in [0.05, 0.1) is 0 Å². The number of hydrogen-bond donors (Lipinski definition) is 0. The Bertz CT molecular complexity index is 283. The van der Waals surface area contributed by atoms with Crippen LogP contribution in [-0.2, 0) is 0 Å². The monoisotopic (exact) mass is 271 g/mol. The molecule has 56 valence electrons. The summed E-state index contributed by atoms with van der Waals surface area (Å²) in [5.41, 5.74) is 1.41. The third-order valence-corrected chi connectivity index (χ3v) is 3.08. The van der Waals surface area contributed by atoms with Crippen molar-refractivity contribution >= 4 is 37.3 Å². The standard InChI is InChI=1S/C8H7AsBrN/c9-8-6(5-1-2-5)3-4-7(10)11-8/h3-5H,1-2H2. The molecule has 0 spiro atoms. The molecule has 3 heteroatoms. The number of halogens is 1. The van der Waals surface area contributed by atoms with E-state index >= 15 is 0 Å². The first-order chi connectivity index (χ1) is 5.27. The van der Waals surface area contributed by atoms with E-state index < -0.39 is 0 Å². The zero-order valence-corrected chi connectivity index (χ0v) is 9.38. The van der Waals surface area contributed by atoms with Crippen LogP contribution in [0.4, 0.5) is 0 Å². The van der Waals surface area contributed by atoms with E-state index in [0.29, 0.717) is 0 Å². The molecule has 0 N–H and O–H groups in total. The van der Waals surface area contributed by atoms with Crippen LogP contribution in [0.5, 0.6) is 0 Å². The Balaban J connectivity index is 2.39. The van der Waals surface area contributed by atoms with Crippen molar-refractivity contribution in [2.24, 2.45) is 0 Å². The van der Waals surface area contributed by atoms with Gasteiger partial charge in [0.2, 0.25) is 0 Å². The van der Waals surface area contributed by atoms with Crippen LogP contribution >= 0.6 is 15.9 Å². The Morgan fingerprint density at radius 2 is 2.18 bits per heavy atom. The SMILES string of the molecule is [As]c1nc(Br)ccc1C1CC1. The molecule has 1 aromatic rings. The van der Waals surface area contributed by atoms with Crippen molar-refractivity contribution in [3.63, 3.8) is 0 Å². The molecule has 1 nitrogen and oxygen atoms in total. The third kappa shape index (κ3) is 1.68. The van der Waals surface area contributed by atoms with E-state index in [1.807, 2.05) is 6.07 Å². The number of pyridine rings is 1. The van der Waals surface area contributed by atoms with E-state index in [1.165, 1.54) is 18.4 Å². The summed E-state index contributed by atoms with van der Waals surface area (Å²) in [6, 6.07) is 4.19. The van der Waals surface area contributed by atoms with E-state index in [0.717, 1.165) is 15.0 Å². The number of aromatic nitrogens is 1. The quantitative estimate of drug-likeness (QED) is 0.558. The van der Waals surface area contributed by atoms with Crippen LogP contribution in [-0.4, -0.2) is 21.8 Å². The molecular formula is C8H7AsBrN. The zero-order chi connectivity index (χ0) is 7.84. The average molecular weight is 272 g/mol. The van der Waals surface area contributed by atoms with Gasteiger partial charge in [-0.15, -0.1) is 0 Å². The van der Waals surface area contributed by atoms with E-state index in [-0.39, 0.29) is 0 Å². The Hall–Kier alpha value is 0.188. The van der Waals surface area contributed by atoms with Crippen molar-refractivity contribution in [2.45, 2.75) is 18.8 Å². The first kappa shape index (κ1) is 7.82. The fourth-order valence-corrected chi connectivity index (χ4v) is 2.52. The molecule has 1 heterocycles. The number of rotatable bonds is 1.